The van der Waals surface area contributed by atoms with Gasteiger partial charge in [-0.15, -0.1) is 0 Å². The Morgan fingerprint density at radius 2 is 1.52 bits per heavy atom. The van der Waals surface area contributed by atoms with Crippen molar-refractivity contribution in [2.75, 3.05) is 5.73 Å². The molecule has 0 fully saturated rings. The molecule has 0 radical (unpaired) electrons. The predicted molar refractivity (Wildman–Crippen MR) is 110 cm³/mol. The number of para-hydroxylation sites is 1. The number of nitrogen functional groups attached to an aromatic ring is 1. The fourth-order valence-electron chi connectivity index (χ4n) is 2.86. The molecule has 0 amide bonds. The molecule has 4 rings (SSSR count). The Hall–Kier alpha value is -3.71. The molecule has 2 N–H and O–H groups in total. The maximum absolute atomic E-state index is 12.9. The highest BCUT2D eigenvalue weighted by Crippen LogP contribution is 2.17. The summed E-state index contributed by atoms with van der Waals surface area (Å²) in [6.07, 6.45) is 0. The monoisotopic (exact) mass is 404 g/mol. The second-order valence-corrected chi connectivity index (χ2v) is 7.93. The van der Waals surface area contributed by atoms with Gasteiger partial charge in [0, 0.05) is 22.7 Å². The molecular formula is C22H16N2O4S. The van der Waals surface area contributed by atoms with E-state index in [4.69, 9.17) is 10.2 Å². The standard InChI is InChI=1S/C22H16N2O4S/c23-16-12-10-15(11-13-16)22(25)21-14-19(18-8-4-5-9-20(18)28-21)24-29(26,27)17-6-2-1-3-7-17/h1-14H,23H2. The minimum absolute atomic E-state index is 0.0181. The van der Waals surface area contributed by atoms with Crippen molar-refractivity contribution >= 4 is 32.5 Å². The zero-order valence-electron chi connectivity index (χ0n) is 15.1. The molecule has 1 aromatic heterocycles. The van der Waals surface area contributed by atoms with E-state index < -0.39 is 15.8 Å². The summed E-state index contributed by atoms with van der Waals surface area (Å²) in [4.78, 5) is 12.9. The van der Waals surface area contributed by atoms with Crippen molar-refractivity contribution in [2.45, 2.75) is 4.90 Å². The zero-order valence-corrected chi connectivity index (χ0v) is 16.0. The molecule has 0 aliphatic carbocycles. The molecule has 0 aliphatic heterocycles. The summed E-state index contributed by atoms with van der Waals surface area (Å²) in [6.45, 7) is 0. The number of hydrogen-bond acceptors (Lipinski definition) is 5. The quantitative estimate of drug-likeness (QED) is 0.414. The molecule has 3 aromatic carbocycles. The predicted octanol–water partition coefficient (Wildman–Crippen LogP) is 3.54. The van der Waals surface area contributed by atoms with Crippen LogP contribution >= 0.6 is 0 Å². The second kappa shape index (κ2) is 7.37. The topological polar surface area (TPSA) is 103 Å². The number of carbonyl (C=O) groups is 1. The molecule has 0 saturated carbocycles. The minimum atomic E-state index is -3.96. The smallest absolute Gasteiger partial charge is 0.282 e. The fourth-order valence-corrected chi connectivity index (χ4v) is 3.87. The van der Waals surface area contributed by atoms with Crippen LogP contribution < -0.4 is 11.1 Å². The van der Waals surface area contributed by atoms with E-state index in [9.17, 15) is 13.2 Å². The summed E-state index contributed by atoms with van der Waals surface area (Å²) in [7, 11) is -3.96. The van der Waals surface area contributed by atoms with Crippen LogP contribution in [0.2, 0.25) is 0 Å². The van der Waals surface area contributed by atoms with Crippen LogP contribution in [0.3, 0.4) is 0 Å². The number of nitrogens with two attached hydrogens (primary N) is 1. The first-order chi connectivity index (χ1) is 13.9. The first kappa shape index (κ1) is 18.6. The summed E-state index contributed by atoms with van der Waals surface area (Å²) in [5.41, 5.74) is 6.93. The zero-order chi connectivity index (χ0) is 20.4. The normalized spacial score (nSPS) is 12.2. The third kappa shape index (κ3) is 3.81. The fraction of sp³-hybridized carbons (Fsp3) is 0. The molecule has 0 aliphatic rings. The number of benzene rings is 3. The third-order valence-corrected chi connectivity index (χ3v) is 5.61. The molecule has 1 heterocycles. The molecule has 0 saturated heterocycles. The van der Waals surface area contributed by atoms with Gasteiger partial charge in [0.15, 0.2) is 5.76 Å². The van der Waals surface area contributed by atoms with Crippen molar-refractivity contribution in [3.8, 4) is 0 Å². The molecule has 6 nitrogen and oxygen atoms in total. The summed E-state index contributed by atoms with van der Waals surface area (Å²) in [5.74, 6) is -0.417. The summed E-state index contributed by atoms with van der Waals surface area (Å²) >= 11 is 0. The van der Waals surface area contributed by atoms with Gasteiger partial charge in [-0.3, -0.25) is 4.79 Å². The highest BCUT2D eigenvalue weighted by molar-refractivity contribution is 7.90. The van der Waals surface area contributed by atoms with Crippen LogP contribution in [-0.2, 0) is 10.0 Å². The van der Waals surface area contributed by atoms with Crippen LogP contribution in [0, 0.1) is 0 Å². The molecular weight excluding hydrogens is 388 g/mol. The Labute approximate surface area is 167 Å². The molecule has 0 bridgehead atoms. The van der Waals surface area contributed by atoms with E-state index >= 15 is 0 Å². The number of ketones is 1. The number of anilines is 1. The SMILES string of the molecule is Nc1ccc(C(=O)c2cc(=NS(=O)(=O)c3ccccc3)c3ccccc3o2)cc1. The Morgan fingerprint density at radius 3 is 2.24 bits per heavy atom. The van der Waals surface area contributed by atoms with Gasteiger partial charge in [0.2, 0.25) is 5.78 Å². The van der Waals surface area contributed by atoms with Crippen molar-refractivity contribution in [2.24, 2.45) is 4.40 Å². The maximum atomic E-state index is 12.9. The molecule has 4 aromatic rings. The molecule has 144 valence electrons. The lowest BCUT2D eigenvalue weighted by molar-refractivity contribution is 0.101. The van der Waals surface area contributed by atoms with E-state index in [0.717, 1.165) is 0 Å². The summed E-state index contributed by atoms with van der Waals surface area (Å²) in [5, 5.41) is 0.621. The number of rotatable bonds is 4. The lowest BCUT2D eigenvalue weighted by atomic mass is 10.1. The van der Waals surface area contributed by atoms with E-state index in [1.807, 2.05) is 0 Å². The van der Waals surface area contributed by atoms with E-state index in [-0.39, 0.29) is 16.0 Å². The van der Waals surface area contributed by atoms with Gasteiger partial charge >= 0.3 is 0 Å². The lowest BCUT2D eigenvalue weighted by Gasteiger charge is -2.05. The van der Waals surface area contributed by atoms with Crippen LogP contribution in [0.4, 0.5) is 5.69 Å². The van der Waals surface area contributed by atoms with E-state index in [2.05, 4.69) is 4.40 Å². The first-order valence-electron chi connectivity index (χ1n) is 8.73. The van der Waals surface area contributed by atoms with E-state index in [1.165, 1.54) is 18.2 Å². The molecule has 29 heavy (non-hydrogen) atoms. The van der Waals surface area contributed by atoms with Gasteiger partial charge in [-0.25, -0.2) is 0 Å². The average Bonchev–Trinajstić information content (AvgIpc) is 2.74. The van der Waals surface area contributed by atoms with Gasteiger partial charge in [-0.05, 0) is 48.5 Å². The van der Waals surface area contributed by atoms with Crippen molar-refractivity contribution < 1.29 is 17.6 Å². The van der Waals surface area contributed by atoms with Crippen molar-refractivity contribution in [1.82, 2.24) is 0 Å². The first-order valence-corrected chi connectivity index (χ1v) is 10.2. The Kier molecular flexibility index (Phi) is 4.74. The minimum Gasteiger partial charge on any atom is -0.452 e. The molecule has 0 atom stereocenters. The Bertz CT molecular complexity index is 1370. The van der Waals surface area contributed by atoms with E-state index in [0.29, 0.717) is 22.2 Å². The maximum Gasteiger partial charge on any atom is 0.282 e. The Morgan fingerprint density at radius 1 is 0.862 bits per heavy atom. The number of nitrogens with zero attached hydrogens (tertiary/aromatic N) is 1. The van der Waals surface area contributed by atoms with Crippen LogP contribution in [0.25, 0.3) is 11.0 Å². The van der Waals surface area contributed by atoms with Crippen molar-refractivity contribution in [1.29, 1.82) is 0 Å². The van der Waals surface area contributed by atoms with Gasteiger partial charge < -0.3 is 10.2 Å². The largest absolute Gasteiger partial charge is 0.452 e. The number of carbonyl (C=O) groups excluding carboxylic acids is 1. The highest BCUT2D eigenvalue weighted by Gasteiger charge is 2.16. The number of hydrogen-bond donors (Lipinski definition) is 1. The molecule has 7 heteroatoms. The average molecular weight is 404 g/mol. The lowest BCUT2D eigenvalue weighted by Crippen LogP contribution is -2.12. The van der Waals surface area contributed by atoms with Crippen LogP contribution in [0.15, 0.2) is 98.6 Å². The van der Waals surface area contributed by atoms with E-state index in [1.54, 1.807) is 66.7 Å². The van der Waals surface area contributed by atoms with Gasteiger partial charge in [0.1, 0.15) is 5.58 Å². The van der Waals surface area contributed by atoms with Crippen molar-refractivity contribution in [3.05, 3.63) is 102 Å². The summed E-state index contributed by atoms with van der Waals surface area (Å²) in [6, 6.07) is 22.5. The van der Waals surface area contributed by atoms with Crippen molar-refractivity contribution in [3.63, 3.8) is 0 Å². The summed E-state index contributed by atoms with van der Waals surface area (Å²) < 4.78 is 35.2. The highest BCUT2D eigenvalue weighted by atomic mass is 32.2. The van der Waals surface area contributed by atoms with Gasteiger partial charge in [0.05, 0.1) is 10.3 Å². The number of fused-ring (bicyclic) bond motifs is 1. The number of sulfonamides is 1. The van der Waals surface area contributed by atoms with Crippen LogP contribution in [0.5, 0.6) is 0 Å². The van der Waals surface area contributed by atoms with Crippen LogP contribution in [0.1, 0.15) is 16.1 Å². The molecule has 0 spiro atoms. The van der Waals surface area contributed by atoms with Gasteiger partial charge in [-0.1, -0.05) is 30.3 Å². The second-order valence-electron chi connectivity index (χ2n) is 6.32. The van der Waals surface area contributed by atoms with Crippen LogP contribution in [-0.4, -0.2) is 14.2 Å². The van der Waals surface area contributed by atoms with Gasteiger partial charge in [-0.2, -0.15) is 12.8 Å². The Balaban J connectivity index is 1.92. The molecule has 0 unspecified atom stereocenters. The van der Waals surface area contributed by atoms with Gasteiger partial charge in [0.25, 0.3) is 10.0 Å². The third-order valence-electron chi connectivity index (χ3n) is 4.31.